The number of carbonyl (C=O) groups is 1. The topological polar surface area (TPSA) is 95.5 Å². The minimum Gasteiger partial charge on any atom is -0.395 e. The van der Waals surface area contributed by atoms with Gasteiger partial charge in [0.15, 0.2) is 0 Å². The van der Waals surface area contributed by atoms with Crippen molar-refractivity contribution in [3.05, 3.63) is 27.8 Å². The molecule has 6 nitrogen and oxygen atoms in total. The van der Waals surface area contributed by atoms with Crippen molar-refractivity contribution < 1.29 is 18.3 Å². The molecule has 0 aliphatic heterocycles. The van der Waals surface area contributed by atoms with Gasteiger partial charge in [0.25, 0.3) is 0 Å². The molecule has 1 aromatic rings. The molecule has 0 heterocycles. The normalized spacial score (nSPS) is 11.6. The van der Waals surface area contributed by atoms with Gasteiger partial charge in [0.1, 0.15) is 0 Å². The fourth-order valence-corrected chi connectivity index (χ4v) is 4.15. The third-order valence-electron chi connectivity index (χ3n) is 4.28. The van der Waals surface area contributed by atoms with Gasteiger partial charge in [-0.1, -0.05) is 0 Å². The van der Waals surface area contributed by atoms with Crippen molar-refractivity contribution in [2.75, 3.05) is 19.7 Å². The van der Waals surface area contributed by atoms with Crippen molar-refractivity contribution in [1.29, 1.82) is 0 Å². The molecule has 23 heavy (non-hydrogen) atoms. The van der Waals surface area contributed by atoms with E-state index in [0.29, 0.717) is 4.90 Å². The molecular weight excluding hydrogens is 316 g/mol. The molecular formula is C16H26N2O4S. The van der Waals surface area contributed by atoms with Gasteiger partial charge in [-0.15, -0.1) is 0 Å². The van der Waals surface area contributed by atoms with Crippen LogP contribution < -0.4 is 10.0 Å². The molecule has 1 aromatic carbocycles. The molecule has 0 saturated heterocycles. The van der Waals surface area contributed by atoms with Gasteiger partial charge in [0, 0.05) is 19.5 Å². The quantitative estimate of drug-likeness (QED) is 0.689. The summed E-state index contributed by atoms with van der Waals surface area (Å²) < 4.78 is 27.7. The molecule has 0 aliphatic carbocycles. The summed E-state index contributed by atoms with van der Waals surface area (Å²) in [5.74, 6) is -0.300. The lowest BCUT2D eigenvalue weighted by molar-refractivity contribution is -0.121. The maximum Gasteiger partial charge on any atom is 0.241 e. The van der Waals surface area contributed by atoms with E-state index >= 15 is 0 Å². The first-order valence-electron chi connectivity index (χ1n) is 7.57. The van der Waals surface area contributed by atoms with Crippen LogP contribution in [0.2, 0.25) is 0 Å². The third-order valence-corrected chi connectivity index (χ3v) is 6.01. The number of aliphatic hydroxyl groups is 1. The summed E-state index contributed by atoms with van der Waals surface area (Å²) in [6.07, 6.45) is 0.0289. The van der Waals surface area contributed by atoms with Crippen LogP contribution in [0.5, 0.6) is 0 Å². The Morgan fingerprint density at radius 3 is 1.87 bits per heavy atom. The van der Waals surface area contributed by atoms with Crippen LogP contribution in [0.4, 0.5) is 0 Å². The van der Waals surface area contributed by atoms with Crippen LogP contribution in [0, 0.1) is 34.6 Å². The highest BCUT2D eigenvalue weighted by Crippen LogP contribution is 2.29. The summed E-state index contributed by atoms with van der Waals surface area (Å²) in [6, 6.07) is 0. The minimum atomic E-state index is -3.68. The molecule has 0 aliphatic rings. The molecule has 1 rings (SSSR count). The Hall–Kier alpha value is -1.44. The molecule has 7 heteroatoms. The van der Waals surface area contributed by atoms with E-state index in [0.717, 1.165) is 27.8 Å². The minimum absolute atomic E-state index is 0.0183. The highest BCUT2D eigenvalue weighted by molar-refractivity contribution is 7.89. The maximum absolute atomic E-state index is 12.6. The summed E-state index contributed by atoms with van der Waals surface area (Å²) in [4.78, 5) is 11.8. The first-order valence-corrected chi connectivity index (χ1v) is 9.06. The van der Waals surface area contributed by atoms with Crippen LogP contribution in [0.1, 0.15) is 34.2 Å². The highest BCUT2D eigenvalue weighted by Gasteiger charge is 2.23. The van der Waals surface area contributed by atoms with E-state index in [9.17, 15) is 13.2 Å². The molecule has 130 valence electrons. The number of hydrogen-bond donors (Lipinski definition) is 3. The van der Waals surface area contributed by atoms with Crippen LogP contribution in [0.3, 0.4) is 0 Å². The first-order chi connectivity index (χ1) is 10.6. The van der Waals surface area contributed by atoms with Crippen LogP contribution >= 0.6 is 0 Å². The lowest BCUT2D eigenvalue weighted by Crippen LogP contribution is -2.32. The molecule has 1 amide bonds. The fourth-order valence-electron chi connectivity index (χ4n) is 2.52. The number of amides is 1. The SMILES string of the molecule is Cc1c(C)c(C)c(S(=O)(=O)NCCC(=O)NCCO)c(C)c1C. The van der Waals surface area contributed by atoms with Gasteiger partial charge in [0.05, 0.1) is 11.5 Å². The summed E-state index contributed by atoms with van der Waals surface area (Å²) in [5.41, 5.74) is 4.51. The first kappa shape index (κ1) is 19.6. The fraction of sp³-hybridized carbons (Fsp3) is 0.562. The van der Waals surface area contributed by atoms with Gasteiger partial charge in [-0.2, -0.15) is 0 Å². The molecule has 0 bridgehead atoms. The molecule has 0 radical (unpaired) electrons. The maximum atomic E-state index is 12.6. The van der Waals surface area contributed by atoms with Crippen molar-refractivity contribution in [3.63, 3.8) is 0 Å². The summed E-state index contributed by atoms with van der Waals surface area (Å²) in [7, 11) is -3.68. The van der Waals surface area contributed by atoms with Gasteiger partial charge in [-0.25, -0.2) is 13.1 Å². The Labute approximate surface area is 138 Å². The molecule has 0 aromatic heterocycles. The number of sulfonamides is 1. The van der Waals surface area contributed by atoms with Crippen LogP contribution in [0.25, 0.3) is 0 Å². The number of benzene rings is 1. The summed E-state index contributed by atoms with van der Waals surface area (Å²) in [5, 5.41) is 11.1. The van der Waals surface area contributed by atoms with E-state index in [-0.39, 0.29) is 32.0 Å². The largest absolute Gasteiger partial charge is 0.395 e. The molecule has 3 N–H and O–H groups in total. The predicted octanol–water partition coefficient (Wildman–Crippen LogP) is 1.01. The van der Waals surface area contributed by atoms with Crippen molar-refractivity contribution in [2.45, 2.75) is 45.9 Å². The lowest BCUT2D eigenvalue weighted by atomic mass is 9.95. The van der Waals surface area contributed by atoms with Gasteiger partial charge < -0.3 is 10.4 Å². The van der Waals surface area contributed by atoms with Crippen LogP contribution in [-0.2, 0) is 14.8 Å². The molecule has 0 unspecified atom stereocenters. The molecule has 0 atom stereocenters. The zero-order chi connectivity index (χ0) is 17.8. The Balaban J connectivity index is 2.96. The molecule has 0 fully saturated rings. The van der Waals surface area contributed by atoms with Crippen LogP contribution in [0.15, 0.2) is 4.90 Å². The Morgan fingerprint density at radius 1 is 0.913 bits per heavy atom. The third kappa shape index (κ3) is 4.53. The second-order valence-corrected chi connectivity index (χ2v) is 7.38. The van der Waals surface area contributed by atoms with Crippen molar-refractivity contribution >= 4 is 15.9 Å². The van der Waals surface area contributed by atoms with Crippen molar-refractivity contribution in [3.8, 4) is 0 Å². The smallest absolute Gasteiger partial charge is 0.241 e. The van der Waals surface area contributed by atoms with Gasteiger partial charge in [-0.05, 0) is 62.4 Å². The number of hydrogen-bond acceptors (Lipinski definition) is 4. The number of carbonyl (C=O) groups excluding carboxylic acids is 1. The highest BCUT2D eigenvalue weighted by atomic mass is 32.2. The number of aliphatic hydroxyl groups excluding tert-OH is 1. The Morgan fingerprint density at radius 2 is 1.39 bits per heavy atom. The monoisotopic (exact) mass is 342 g/mol. The van der Waals surface area contributed by atoms with E-state index in [4.69, 9.17) is 5.11 Å². The zero-order valence-electron chi connectivity index (χ0n) is 14.4. The van der Waals surface area contributed by atoms with E-state index in [1.54, 1.807) is 13.8 Å². The van der Waals surface area contributed by atoms with Gasteiger partial charge >= 0.3 is 0 Å². The van der Waals surface area contributed by atoms with Crippen molar-refractivity contribution in [2.24, 2.45) is 0 Å². The molecule has 0 saturated carbocycles. The van der Waals surface area contributed by atoms with E-state index < -0.39 is 10.0 Å². The van der Waals surface area contributed by atoms with Crippen LogP contribution in [-0.4, -0.2) is 39.1 Å². The Bertz CT molecular complexity index is 668. The van der Waals surface area contributed by atoms with E-state index in [2.05, 4.69) is 10.0 Å². The van der Waals surface area contributed by atoms with Gasteiger partial charge in [0.2, 0.25) is 15.9 Å². The van der Waals surface area contributed by atoms with Crippen molar-refractivity contribution in [1.82, 2.24) is 10.0 Å². The van der Waals surface area contributed by atoms with E-state index in [1.807, 2.05) is 20.8 Å². The Kier molecular flexibility index (Phi) is 6.73. The average molecular weight is 342 g/mol. The summed E-state index contributed by atoms with van der Waals surface area (Å²) >= 11 is 0. The molecule has 0 spiro atoms. The second kappa shape index (κ2) is 7.90. The lowest BCUT2D eigenvalue weighted by Gasteiger charge is -2.19. The van der Waals surface area contributed by atoms with Gasteiger partial charge in [-0.3, -0.25) is 4.79 Å². The summed E-state index contributed by atoms with van der Waals surface area (Å²) in [6.45, 7) is 9.47. The standard InChI is InChI=1S/C16H26N2O4S/c1-10-11(2)13(4)16(14(5)12(10)3)23(21,22)18-7-6-15(20)17-8-9-19/h18-19H,6-9H2,1-5H3,(H,17,20). The zero-order valence-corrected chi connectivity index (χ0v) is 15.2. The number of rotatable bonds is 7. The van der Waals surface area contributed by atoms with E-state index in [1.165, 1.54) is 0 Å². The second-order valence-electron chi connectivity index (χ2n) is 5.68. The predicted molar refractivity (Wildman–Crippen MR) is 90.0 cm³/mol. The average Bonchev–Trinajstić information content (AvgIpc) is 2.48. The number of nitrogens with one attached hydrogen (secondary N) is 2.